The Balaban J connectivity index is 0. The van der Waals surface area contributed by atoms with Gasteiger partial charge >= 0.3 is 5.97 Å². The smallest absolute Gasteiger partial charge is 0.335 e. The maximum absolute atomic E-state index is 10.5. The second kappa shape index (κ2) is 9.22. The molecule has 0 aromatic rings. The van der Waals surface area contributed by atoms with Crippen LogP contribution >= 0.6 is 0 Å². The third-order valence-electron chi connectivity index (χ3n) is 0.850. The zero-order valence-electron chi connectivity index (χ0n) is 8.41. The molecule has 0 saturated heterocycles. The molecule has 4 heteroatoms. The van der Waals surface area contributed by atoms with Crippen molar-refractivity contribution in [3.8, 4) is 0 Å². The lowest BCUT2D eigenvalue weighted by molar-refractivity contribution is -0.159. The normalized spacial score (nSPS) is 10.8. The molecule has 0 aliphatic rings. The lowest BCUT2D eigenvalue weighted by Gasteiger charge is -2.04. The van der Waals surface area contributed by atoms with E-state index in [1.54, 1.807) is 0 Å². The molecule has 1 atom stereocenters. The Bertz CT molecular complexity index is 150. The van der Waals surface area contributed by atoms with Gasteiger partial charge in [0.25, 0.3) is 0 Å². The number of hydrogen-bond donors (Lipinski definition) is 2. The summed E-state index contributed by atoms with van der Waals surface area (Å²) < 4.78 is 4.33. The Morgan fingerprint density at radius 2 is 2.00 bits per heavy atom. The van der Waals surface area contributed by atoms with E-state index in [1.165, 1.54) is 13.8 Å². The summed E-state index contributed by atoms with van der Waals surface area (Å²) in [6.45, 7) is 8.45. The predicted molar refractivity (Wildman–Crippen MR) is 50.0 cm³/mol. The van der Waals surface area contributed by atoms with Gasteiger partial charge in [-0.2, -0.15) is 0 Å². The monoisotopic (exact) mass is 190 g/mol. The lowest BCUT2D eigenvalue weighted by atomic mass is 10.4. The molecule has 0 aliphatic heterocycles. The van der Waals surface area contributed by atoms with Crippen LogP contribution in [0.1, 0.15) is 27.2 Å². The number of esters is 1. The topological polar surface area (TPSA) is 66.8 Å². The minimum atomic E-state index is -1.05. The Labute approximate surface area is 78.8 Å². The van der Waals surface area contributed by atoms with E-state index in [-0.39, 0.29) is 5.57 Å². The molecule has 0 saturated carbocycles. The summed E-state index contributed by atoms with van der Waals surface area (Å²) in [6, 6.07) is 0. The predicted octanol–water partition coefficient (Wildman–Crippen LogP) is 0.833. The first kappa shape index (κ1) is 14.6. The van der Waals surface area contributed by atoms with Crippen LogP contribution in [0.4, 0.5) is 0 Å². The molecule has 1 unspecified atom stereocenters. The molecule has 2 N–H and O–H groups in total. The molecule has 0 aromatic heterocycles. The summed E-state index contributed by atoms with van der Waals surface area (Å²) in [4.78, 5) is 10.5. The Morgan fingerprint density at radius 3 is 2.08 bits per heavy atom. The van der Waals surface area contributed by atoms with Crippen LogP contribution in [0.15, 0.2) is 12.2 Å². The molecule has 0 amide bonds. The van der Waals surface area contributed by atoms with Gasteiger partial charge in [0.15, 0.2) is 6.29 Å². The van der Waals surface area contributed by atoms with Crippen LogP contribution in [0.5, 0.6) is 0 Å². The van der Waals surface area contributed by atoms with E-state index >= 15 is 0 Å². The second-order valence-electron chi connectivity index (χ2n) is 2.51. The Hall–Kier alpha value is -0.870. The van der Waals surface area contributed by atoms with Crippen LogP contribution in [0.2, 0.25) is 0 Å². The van der Waals surface area contributed by atoms with Gasteiger partial charge in [-0.3, -0.25) is 0 Å². The minimum Gasteiger partial charge on any atom is -0.433 e. The molecule has 0 rings (SSSR count). The maximum atomic E-state index is 10.5. The van der Waals surface area contributed by atoms with Gasteiger partial charge in [0.05, 0.1) is 0 Å². The average molecular weight is 190 g/mol. The Morgan fingerprint density at radius 1 is 1.62 bits per heavy atom. The van der Waals surface area contributed by atoms with E-state index in [1.807, 2.05) is 6.92 Å². The minimum absolute atomic E-state index is 0.288. The van der Waals surface area contributed by atoms with Crippen LogP contribution in [0.25, 0.3) is 0 Å². The number of aliphatic hydroxyl groups excluding tert-OH is 2. The maximum Gasteiger partial charge on any atom is 0.335 e. The highest BCUT2D eigenvalue weighted by atomic mass is 16.6. The summed E-state index contributed by atoms with van der Waals surface area (Å²) >= 11 is 0. The standard InChI is InChI=1S/C6H10O3.C3H8O/c1-4(2)6(8)9-5(3)7;1-2-3-4/h5,7H,1H2,2-3H3;4H,2-3H2,1H3. The van der Waals surface area contributed by atoms with E-state index in [2.05, 4.69) is 11.3 Å². The zero-order chi connectivity index (χ0) is 10.9. The quantitative estimate of drug-likeness (QED) is 0.393. The molecule has 0 bridgehead atoms. The average Bonchev–Trinajstić information content (AvgIpc) is 2.03. The van der Waals surface area contributed by atoms with Crippen LogP contribution < -0.4 is 0 Å². The number of ether oxygens (including phenoxy) is 1. The summed E-state index contributed by atoms with van der Waals surface area (Å²) in [5.74, 6) is -0.565. The van der Waals surface area contributed by atoms with Gasteiger partial charge in [-0.25, -0.2) is 4.79 Å². The van der Waals surface area contributed by atoms with Crippen LogP contribution in [-0.4, -0.2) is 29.1 Å². The summed E-state index contributed by atoms with van der Waals surface area (Å²) in [5, 5.41) is 16.4. The number of carbonyl (C=O) groups is 1. The van der Waals surface area contributed by atoms with Crippen molar-refractivity contribution in [3.05, 3.63) is 12.2 Å². The van der Waals surface area contributed by atoms with Gasteiger partial charge in [-0.1, -0.05) is 13.5 Å². The molecule has 0 spiro atoms. The SMILES string of the molecule is C=C(C)C(=O)OC(C)O.CCCO. The lowest BCUT2D eigenvalue weighted by Crippen LogP contribution is -2.13. The van der Waals surface area contributed by atoms with Crippen molar-refractivity contribution < 1.29 is 19.7 Å². The van der Waals surface area contributed by atoms with Gasteiger partial charge in [0.1, 0.15) is 0 Å². The fourth-order valence-corrected chi connectivity index (χ4v) is 0.255. The number of hydrogen-bond acceptors (Lipinski definition) is 4. The van der Waals surface area contributed by atoms with Gasteiger partial charge in [-0.15, -0.1) is 0 Å². The first-order valence-electron chi connectivity index (χ1n) is 4.11. The summed E-state index contributed by atoms with van der Waals surface area (Å²) in [6.07, 6.45) is -0.172. The molecule has 78 valence electrons. The molecule has 4 nitrogen and oxygen atoms in total. The van der Waals surface area contributed by atoms with Crippen molar-refractivity contribution in [1.82, 2.24) is 0 Å². The summed E-state index contributed by atoms with van der Waals surface area (Å²) in [5.41, 5.74) is 0.288. The molecular weight excluding hydrogens is 172 g/mol. The third-order valence-corrected chi connectivity index (χ3v) is 0.850. The first-order chi connectivity index (χ1) is 5.95. The largest absolute Gasteiger partial charge is 0.433 e. The Kier molecular flexibility index (Phi) is 10.4. The van der Waals surface area contributed by atoms with E-state index in [4.69, 9.17) is 10.2 Å². The van der Waals surface area contributed by atoms with Crippen molar-refractivity contribution in [3.63, 3.8) is 0 Å². The van der Waals surface area contributed by atoms with E-state index in [9.17, 15) is 4.79 Å². The van der Waals surface area contributed by atoms with E-state index in [0.717, 1.165) is 6.42 Å². The van der Waals surface area contributed by atoms with Crippen molar-refractivity contribution in [2.75, 3.05) is 6.61 Å². The first-order valence-corrected chi connectivity index (χ1v) is 4.11. The highest BCUT2D eigenvalue weighted by Crippen LogP contribution is 1.94. The van der Waals surface area contributed by atoms with Gasteiger partial charge in [-0.05, 0) is 20.3 Å². The molecule has 0 aromatic carbocycles. The van der Waals surface area contributed by atoms with Gasteiger partial charge < -0.3 is 14.9 Å². The molecule has 0 heterocycles. The number of aliphatic hydroxyl groups is 2. The van der Waals surface area contributed by atoms with Crippen molar-refractivity contribution in [2.24, 2.45) is 0 Å². The number of carbonyl (C=O) groups excluding carboxylic acids is 1. The van der Waals surface area contributed by atoms with Gasteiger partial charge in [0, 0.05) is 12.2 Å². The van der Waals surface area contributed by atoms with Crippen molar-refractivity contribution >= 4 is 5.97 Å². The van der Waals surface area contributed by atoms with Gasteiger partial charge in [0.2, 0.25) is 0 Å². The molecule has 0 fully saturated rings. The van der Waals surface area contributed by atoms with E-state index < -0.39 is 12.3 Å². The fourth-order valence-electron chi connectivity index (χ4n) is 0.255. The van der Waals surface area contributed by atoms with E-state index in [0.29, 0.717) is 6.61 Å². The third kappa shape index (κ3) is 14.0. The molecule has 0 aliphatic carbocycles. The van der Waals surface area contributed by atoms with Crippen LogP contribution in [0, 0.1) is 0 Å². The van der Waals surface area contributed by atoms with Crippen LogP contribution in [-0.2, 0) is 9.53 Å². The van der Waals surface area contributed by atoms with Crippen molar-refractivity contribution in [2.45, 2.75) is 33.5 Å². The molecular formula is C9H18O4. The van der Waals surface area contributed by atoms with Crippen molar-refractivity contribution in [1.29, 1.82) is 0 Å². The second-order valence-corrected chi connectivity index (χ2v) is 2.51. The summed E-state index contributed by atoms with van der Waals surface area (Å²) in [7, 11) is 0. The molecule has 13 heavy (non-hydrogen) atoms. The highest BCUT2D eigenvalue weighted by Gasteiger charge is 2.04. The number of rotatable bonds is 3. The highest BCUT2D eigenvalue weighted by molar-refractivity contribution is 5.86. The zero-order valence-corrected chi connectivity index (χ0v) is 8.41. The molecule has 0 radical (unpaired) electrons. The fraction of sp³-hybridized carbons (Fsp3) is 0.667. The van der Waals surface area contributed by atoms with Crippen LogP contribution in [0.3, 0.4) is 0 Å².